The zero-order chi connectivity index (χ0) is 16.8. The van der Waals surface area contributed by atoms with E-state index in [0.717, 1.165) is 25.9 Å². The monoisotopic (exact) mass is 329 g/mol. The first-order chi connectivity index (χ1) is 11.8. The maximum absolute atomic E-state index is 5.67. The van der Waals surface area contributed by atoms with E-state index in [0.29, 0.717) is 13.2 Å². The minimum absolute atomic E-state index is 0.255. The molecule has 3 rings (SSSR count). The molecule has 4 nitrogen and oxygen atoms in total. The lowest BCUT2D eigenvalue weighted by molar-refractivity contribution is -0.276. The Bertz CT molecular complexity index is 654. The van der Waals surface area contributed by atoms with Crippen molar-refractivity contribution in [2.75, 3.05) is 34.0 Å². The minimum atomic E-state index is -0.497. The van der Waals surface area contributed by atoms with Crippen molar-refractivity contribution in [3.05, 3.63) is 48.0 Å². The number of fused-ring (bicyclic) bond motifs is 1. The van der Waals surface area contributed by atoms with Crippen molar-refractivity contribution in [1.82, 2.24) is 5.32 Å². The Morgan fingerprint density at radius 3 is 2.71 bits per heavy atom. The van der Waals surface area contributed by atoms with Gasteiger partial charge in [-0.15, -0.1) is 0 Å². The van der Waals surface area contributed by atoms with Gasteiger partial charge in [0.15, 0.2) is 5.79 Å². The van der Waals surface area contributed by atoms with Gasteiger partial charge in [0.2, 0.25) is 0 Å². The van der Waals surface area contributed by atoms with Crippen LogP contribution < -0.4 is 5.32 Å². The third kappa shape index (κ3) is 3.78. The lowest BCUT2D eigenvalue weighted by atomic mass is 9.91. The quantitative estimate of drug-likeness (QED) is 0.625. The van der Waals surface area contributed by atoms with Crippen molar-refractivity contribution in [3.8, 4) is 0 Å². The van der Waals surface area contributed by atoms with Crippen LogP contribution in [0.3, 0.4) is 0 Å². The lowest BCUT2D eigenvalue weighted by Crippen LogP contribution is -2.49. The van der Waals surface area contributed by atoms with Gasteiger partial charge in [-0.05, 0) is 35.4 Å². The summed E-state index contributed by atoms with van der Waals surface area (Å²) in [6, 6.07) is 15.1. The molecule has 130 valence electrons. The van der Waals surface area contributed by atoms with Gasteiger partial charge in [0.1, 0.15) is 0 Å². The van der Waals surface area contributed by atoms with Gasteiger partial charge in [-0.3, -0.25) is 0 Å². The number of rotatable bonds is 7. The molecule has 0 saturated carbocycles. The first kappa shape index (κ1) is 17.4. The SMILES string of the molecule is COC1(OC)CCOCC1CCNCc1ccc2ccccc2c1. The van der Waals surface area contributed by atoms with Gasteiger partial charge >= 0.3 is 0 Å². The molecule has 1 atom stereocenters. The third-order valence-electron chi connectivity index (χ3n) is 5.04. The number of ether oxygens (including phenoxy) is 3. The van der Waals surface area contributed by atoms with Gasteiger partial charge in [-0.2, -0.15) is 0 Å². The minimum Gasteiger partial charge on any atom is -0.381 e. The maximum Gasteiger partial charge on any atom is 0.174 e. The van der Waals surface area contributed by atoms with Crippen LogP contribution >= 0.6 is 0 Å². The van der Waals surface area contributed by atoms with Gasteiger partial charge in [0.25, 0.3) is 0 Å². The maximum atomic E-state index is 5.67. The van der Waals surface area contributed by atoms with Crippen LogP contribution in [0.5, 0.6) is 0 Å². The molecule has 1 N–H and O–H groups in total. The molecule has 1 fully saturated rings. The molecule has 1 aliphatic rings. The molecule has 0 aliphatic carbocycles. The molecule has 0 amide bonds. The van der Waals surface area contributed by atoms with E-state index in [2.05, 4.69) is 47.8 Å². The number of nitrogens with one attached hydrogen (secondary N) is 1. The molecule has 1 heterocycles. The van der Waals surface area contributed by atoms with Crippen LogP contribution in [-0.4, -0.2) is 39.8 Å². The van der Waals surface area contributed by atoms with Crippen molar-refractivity contribution in [3.63, 3.8) is 0 Å². The van der Waals surface area contributed by atoms with E-state index >= 15 is 0 Å². The summed E-state index contributed by atoms with van der Waals surface area (Å²) >= 11 is 0. The Balaban J connectivity index is 1.52. The molecule has 2 aromatic carbocycles. The zero-order valence-corrected chi connectivity index (χ0v) is 14.6. The molecule has 0 bridgehead atoms. The second-order valence-electron chi connectivity index (χ2n) is 6.39. The average molecular weight is 329 g/mol. The van der Waals surface area contributed by atoms with E-state index in [1.807, 2.05) is 0 Å². The van der Waals surface area contributed by atoms with Crippen LogP contribution in [0.15, 0.2) is 42.5 Å². The standard InChI is InChI=1S/C20H27NO3/c1-22-20(23-2)10-12-24-15-19(20)9-11-21-14-16-7-8-17-5-3-4-6-18(17)13-16/h3-8,13,19,21H,9-12,14-15H2,1-2H3. The Kier molecular flexibility index (Phi) is 5.85. The normalized spacial score (nSPS) is 20.3. The first-order valence-electron chi connectivity index (χ1n) is 8.64. The predicted octanol–water partition coefficient (Wildman–Crippen LogP) is 3.35. The Morgan fingerprint density at radius 1 is 1.12 bits per heavy atom. The van der Waals surface area contributed by atoms with Gasteiger partial charge in [0, 0.05) is 33.1 Å². The van der Waals surface area contributed by atoms with Crippen LogP contribution in [-0.2, 0) is 20.8 Å². The van der Waals surface area contributed by atoms with Crippen LogP contribution in [0.1, 0.15) is 18.4 Å². The number of methoxy groups -OCH3 is 2. The summed E-state index contributed by atoms with van der Waals surface area (Å²) in [5, 5.41) is 6.10. The van der Waals surface area contributed by atoms with Crippen molar-refractivity contribution in [2.45, 2.75) is 25.2 Å². The van der Waals surface area contributed by atoms with Crippen LogP contribution in [0.4, 0.5) is 0 Å². The average Bonchev–Trinajstić information content (AvgIpc) is 2.65. The molecule has 4 heteroatoms. The smallest absolute Gasteiger partial charge is 0.174 e. The van der Waals surface area contributed by atoms with Gasteiger partial charge < -0.3 is 19.5 Å². The lowest BCUT2D eigenvalue weighted by Gasteiger charge is -2.41. The van der Waals surface area contributed by atoms with Crippen LogP contribution in [0.25, 0.3) is 10.8 Å². The molecule has 1 aliphatic heterocycles. The number of benzene rings is 2. The van der Waals surface area contributed by atoms with Crippen molar-refractivity contribution in [1.29, 1.82) is 0 Å². The highest BCUT2D eigenvalue weighted by Gasteiger charge is 2.41. The Morgan fingerprint density at radius 2 is 1.92 bits per heavy atom. The summed E-state index contributed by atoms with van der Waals surface area (Å²) < 4.78 is 17.0. The molecule has 1 saturated heterocycles. The van der Waals surface area contributed by atoms with Crippen molar-refractivity contribution < 1.29 is 14.2 Å². The Hall–Kier alpha value is -1.46. The fraction of sp³-hybridized carbons (Fsp3) is 0.500. The molecule has 2 aromatic rings. The summed E-state index contributed by atoms with van der Waals surface area (Å²) in [6.45, 7) is 3.17. The van der Waals surface area contributed by atoms with E-state index in [1.54, 1.807) is 14.2 Å². The largest absolute Gasteiger partial charge is 0.381 e. The van der Waals surface area contributed by atoms with Gasteiger partial charge in [-0.1, -0.05) is 36.4 Å². The second kappa shape index (κ2) is 8.08. The molecule has 0 radical (unpaired) electrons. The molecule has 0 aromatic heterocycles. The molecular weight excluding hydrogens is 302 g/mol. The van der Waals surface area contributed by atoms with Crippen molar-refractivity contribution >= 4 is 10.8 Å². The molecule has 1 unspecified atom stereocenters. The summed E-state index contributed by atoms with van der Waals surface area (Å²) in [5.74, 6) is -0.242. The highest BCUT2D eigenvalue weighted by Crippen LogP contribution is 2.32. The highest BCUT2D eigenvalue weighted by atomic mass is 16.7. The summed E-state index contributed by atoms with van der Waals surface area (Å²) in [6.07, 6.45) is 1.75. The first-order valence-corrected chi connectivity index (χ1v) is 8.64. The van der Waals surface area contributed by atoms with Gasteiger partial charge in [-0.25, -0.2) is 0 Å². The third-order valence-corrected chi connectivity index (χ3v) is 5.04. The summed E-state index contributed by atoms with van der Waals surface area (Å²) in [4.78, 5) is 0. The van der Waals surface area contributed by atoms with E-state index in [9.17, 15) is 0 Å². The zero-order valence-electron chi connectivity index (χ0n) is 14.6. The predicted molar refractivity (Wildman–Crippen MR) is 95.9 cm³/mol. The van der Waals surface area contributed by atoms with E-state index in [1.165, 1.54) is 16.3 Å². The summed E-state index contributed by atoms with van der Waals surface area (Å²) in [7, 11) is 3.45. The second-order valence-corrected chi connectivity index (χ2v) is 6.39. The van der Waals surface area contributed by atoms with Crippen molar-refractivity contribution in [2.24, 2.45) is 5.92 Å². The molecule has 0 spiro atoms. The Labute approximate surface area is 144 Å². The van der Waals surface area contributed by atoms with Crippen LogP contribution in [0, 0.1) is 5.92 Å². The van der Waals surface area contributed by atoms with E-state index in [4.69, 9.17) is 14.2 Å². The number of hydrogen-bond acceptors (Lipinski definition) is 4. The van der Waals surface area contributed by atoms with Gasteiger partial charge in [0.05, 0.1) is 13.2 Å². The topological polar surface area (TPSA) is 39.7 Å². The highest BCUT2D eigenvalue weighted by molar-refractivity contribution is 5.82. The molecule has 24 heavy (non-hydrogen) atoms. The number of hydrogen-bond donors (Lipinski definition) is 1. The molecular formula is C20H27NO3. The fourth-order valence-electron chi connectivity index (χ4n) is 3.55. The van der Waals surface area contributed by atoms with E-state index in [-0.39, 0.29) is 5.92 Å². The fourth-order valence-corrected chi connectivity index (χ4v) is 3.55. The summed E-state index contributed by atoms with van der Waals surface area (Å²) in [5.41, 5.74) is 1.30. The van der Waals surface area contributed by atoms with E-state index < -0.39 is 5.79 Å². The van der Waals surface area contributed by atoms with Crippen LogP contribution in [0.2, 0.25) is 0 Å².